The van der Waals surface area contributed by atoms with Crippen LogP contribution in [0.15, 0.2) is 42.5 Å². The van der Waals surface area contributed by atoms with Crippen molar-refractivity contribution in [2.24, 2.45) is 0 Å². The molecule has 2 aromatic carbocycles. The summed E-state index contributed by atoms with van der Waals surface area (Å²) in [6.07, 6.45) is 4.11. The number of hydrogen-bond acceptors (Lipinski definition) is 3. The first-order valence-corrected chi connectivity index (χ1v) is 8.04. The zero-order valence-electron chi connectivity index (χ0n) is 13.1. The summed E-state index contributed by atoms with van der Waals surface area (Å²) in [5.74, 6) is 0.888. The van der Waals surface area contributed by atoms with Crippen LogP contribution < -0.4 is 14.8 Å². The summed E-state index contributed by atoms with van der Waals surface area (Å²) in [5.41, 5.74) is 2.43. The van der Waals surface area contributed by atoms with Crippen molar-refractivity contribution in [2.45, 2.75) is 38.4 Å². The SMILES string of the molecule is Cc1cccc(C(=O)Nc2ccc3c(c2)OC2(CCCC2)O3)c1. The highest BCUT2D eigenvalue weighted by atomic mass is 16.7. The molecule has 4 rings (SSSR count). The number of benzene rings is 2. The van der Waals surface area contributed by atoms with Gasteiger partial charge in [0.15, 0.2) is 11.5 Å². The van der Waals surface area contributed by atoms with Crippen LogP contribution in [0.3, 0.4) is 0 Å². The highest BCUT2D eigenvalue weighted by Gasteiger charge is 2.44. The summed E-state index contributed by atoms with van der Waals surface area (Å²) in [6, 6.07) is 13.1. The highest BCUT2D eigenvalue weighted by Crippen LogP contribution is 2.47. The average molecular weight is 309 g/mol. The summed E-state index contributed by atoms with van der Waals surface area (Å²) in [7, 11) is 0. The van der Waals surface area contributed by atoms with E-state index in [4.69, 9.17) is 9.47 Å². The molecule has 2 aliphatic rings. The molecule has 0 aromatic heterocycles. The molecule has 1 spiro atoms. The fourth-order valence-electron chi connectivity index (χ4n) is 3.28. The van der Waals surface area contributed by atoms with E-state index in [0.717, 1.165) is 37.0 Å². The van der Waals surface area contributed by atoms with Gasteiger partial charge in [0.25, 0.3) is 11.7 Å². The Morgan fingerprint density at radius 2 is 1.83 bits per heavy atom. The summed E-state index contributed by atoms with van der Waals surface area (Å²) < 4.78 is 12.0. The molecule has 0 saturated heterocycles. The maximum Gasteiger partial charge on any atom is 0.255 e. The molecule has 0 bridgehead atoms. The molecule has 1 aliphatic heterocycles. The van der Waals surface area contributed by atoms with Crippen LogP contribution in [0.4, 0.5) is 5.69 Å². The number of rotatable bonds is 2. The molecule has 1 heterocycles. The number of nitrogens with one attached hydrogen (secondary N) is 1. The van der Waals surface area contributed by atoms with E-state index in [9.17, 15) is 4.79 Å². The van der Waals surface area contributed by atoms with Crippen LogP contribution >= 0.6 is 0 Å². The van der Waals surface area contributed by atoms with Gasteiger partial charge >= 0.3 is 0 Å². The van der Waals surface area contributed by atoms with Gasteiger partial charge in [0.2, 0.25) is 0 Å². The molecular formula is C19H19NO3. The largest absolute Gasteiger partial charge is 0.448 e. The first-order valence-electron chi connectivity index (χ1n) is 8.04. The summed E-state index contributed by atoms with van der Waals surface area (Å²) in [5, 5.41) is 2.92. The van der Waals surface area contributed by atoms with Crippen molar-refractivity contribution in [1.29, 1.82) is 0 Å². The number of aryl methyl sites for hydroxylation is 1. The van der Waals surface area contributed by atoms with Crippen molar-refractivity contribution in [3.63, 3.8) is 0 Å². The first kappa shape index (κ1) is 14.1. The molecular weight excluding hydrogens is 290 g/mol. The Bertz CT molecular complexity index is 763. The molecule has 1 N–H and O–H groups in total. The molecule has 0 atom stereocenters. The minimum atomic E-state index is -0.471. The van der Waals surface area contributed by atoms with Crippen LogP contribution in [-0.2, 0) is 0 Å². The van der Waals surface area contributed by atoms with Gasteiger partial charge in [-0.25, -0.2) is 0 Å². The lowest BCUT2D eigenvalue weighted by Gasteiger charge is -2.21. The maximum atomic E-state index is 12.3. The topological polar surface area (TPSA) is 47.6 Å². The minimum absolute atomic E-state index is 0.122. The number of fused-ring (bicyclic) bond motifs is 1. The van der Waals surface area contributed by atoms with Crippen molar-refractivity contribution in [3.8, 4) is 11.5 Å². The third-order valence-electron chi connectivity index (χ3n) is 4.44. The zero-order chi connectivity index (χ0) is 15.9. The highest BCUT2D eigenvalue weighted by molar-refractivity contribution is 6.04. The molecule has 1 amide bonds. The number of carbonyl (C=O) groups is 1. The van der Waals surface area contributed by atoms with Crippen LogP contribution in [0.5, 0.6) is 11.5 Å². The van der Waals surface area contributed by atoms with E-state index < -0.39 is 5.79 Å². The lowest BCUT2D eigenvalue weighted by molar-refractivity contribution is -0.0716. The molecule has 4 nitrogen and oxygen atoms in total. The van der Waals surface area contributed by atoms with E-state index in [-0.39, 0.29) is 5.91 Å². The van der Waals surface area contributed by atoms with Crippen LogP contribution in [0.25, 0.3) is 0 Å². The number of hydrogen-bond donors (Lipinski definition) is 1. The first-order chi connectivity index (χ1) is 11.1. The van der Waals surface area contributed by atoms with Crippen molar-refractivity contribution in [3.05, 3.63) is 53.6 Å². The Balaban J connectivity index is 1.52. The van der Waals surface area contributed by atoms with Crippen LogP contribution in [0, 0.1) is 6.92 Å². The quantitative estimate of drug-likeness (QED) is 0.900. The number of ether oxygens (including phenoxy) is 2. The van der Waals surface area contributed by atoms with Gasteiger partial charge in [0.05, 0.1) is 0 Å². The second-order valence-electron chi connectivity index (χ2n) is 6.31. The van der Waals surface area contributed by atoms with Crippen molar-refractivity contribution in [1.82, 2.24) is 0 Å². The van der Waals surface area contributed by atoms with Crippen molar-refractivity contribution >= 4 is 11.6 Å². The third kappa shape index (κ3) is 2.65. The second-order valence-corrected chi connectivity index (χ2v) is 6.31. The predicted octanol–water partition coefficient (Wildman–Crippen LogP) is 4.29. The molecule has 23 heavy (non-hydrogen) atoms. The predicted molar refractivity (Wildman–Crippen MR) is 88.0 cm³/mol. The number of amides is 1. The Morgan fingerprint density at radius 3 is 2.61 bits per heavy atom. The van der Waals surface area contributed by atoms with Crippen molar-refractivity contribution < 1.29 is 14.3 Å². The normalized spacial score (nSPS) is 17.4. The van der Waals surface area contributed by atoms with E-state index >= 15 is 0 Å². The Kier molecular flexibility index (Phi) is 3.26. The standard InChI is InChI=1S/C19H19NO3/c1-13-5-4-6-14(11-13)18(21)20-15-7-8-16-17(12-15)23-19(22-16)9-2-3-10-19/h4-8,11-12H,2-3,9-10H2,1H3,(H,20,21). The molecule has 1 saturated carbocycles. The van der Waals surface area contributed by atoms with E-state index in [2.05, 4.69) is 5.32 Å². The lowest BCUT2D eigenvalue weighted by Crippen LogP contribution is -2.34. The molecule has 2 aromatic rings. The van der Waals surface area contributed by atoms with Gasteiger partial charge in [-0.05, 0) is 44.0 Å². The molecule has 0 unspecified atom stereocenters. The molecule has 4 heteroatoms. The van der Waals surface area contributed by atoms with Crippen LogP contribution in [0.1, 0.15) is 41.6 Å². The second kappa shape index (κ2) is 5.30. The van der Waals surface area contributed by atoms with E-state index in [1.807, 2.05) is 49.4 Å². The zero-order valence-corrected chi connectivity index (χ0v) is 13.1. The van der Waals surface area contributed by atoms with E-state index in [1.165, 1.54) is 0 Å². The molecule has 0 radical (unpaired) electrons. The van der Waals surface area contributed by atoms with E-state index in [0.29, 0.717) is 17.0 Å². The summed E-state index contributed by atoms with van der Waals surface area (Å²) in [6.45, 7) is 1.97. The van der Waals surface area contributed by atoms with Gasteiger partial charge in [0, 0.05) is 30.2 Å². The van der Waals surface area contributed by atoms with Gasteiger partial charge in [-0.2, -0.15) is 0 Å². The fourth-order valence-corrected chi connectivity index (χ4v) is 3.28. The fraction of sp³-hybridized carbons (Fsp3) is 0.316. The van der Waals surface area contributed by atoms with Gasteiger partial charge in [-0.1, -0.05) is 17.7 Å². The Labute approximate surface area is 135 Å². The van der Waals surface area contributed by atoms with Crippen molar-refractivity contribution in [2.75, 3.05) is 5.32 Å². The molecule has 1 fully saturated rings. The van der Waals surface area contributed by atoms with Crippen LogP contribution in [-0.4, -0.2) is 11.7 Å². The smallest absolute Gasteiger partial charge is 0.255 e. The Morgan fingerprint density at radius 1 is 1.04 bits per heavy atom. The molecule has 1 aliphatic carbocycles. The van der Waals surface area contributed by atoms with Gasteiger partial charge < -0.3 is 14.8 Å². The molecule has 118 valence electrons. The number of anilines is 1. The van der Waals surface area contributed by atoms with Crippen LogP contribution in [0.2, 0.25) is 0 Å². The average Bonchev–Trinajstić information content (AvgIpc) is 3.13. The maximum absolute atomic E-state index is 12.3. The van der Waals surface area contributed by atoms with Gasteiger partial charge in [-0.3, -0.25) is 4.79 Å². The number of carbonyl (C=O) groups excluding carboxylic acids is 1. The third-order valence-corrected chi connectivity index (χ3v) is 4.44. The minimum Gasteiger partial charge on any atom is -0.448 e. The van der Waals surface area contributed by atoms with Gasteiger partial charge in [-0.15, -0.1) is 0 Å². The monoisotopic (exact) mass is 309 g/mol. The summed E-state index contributed by atoms with van der Waals surface area (Å²) in [4.78, 5) is 12.3. The van der Waals surface area contributed by atoms with Gasteiger partial charge in [0.1, 0.15) is 0 Å². The summed E-state index contributed by atoms with van der Waals surface area (Å²) >= 11 is 0. The van der Waals surface area contributed by atoms with E-state index in [1.54, 1.807) is 0 Å². The lowest BCUT2D eigenvalue weighted by atomic mass is 10.1. The Hall–Kier alpha value is -2.49.